The largest absolute Gasteiger partial charge is 0.352 e. The minimum atomic E-state index is -4.19. The van der Waals surface area contributed by atoms with Crippen LogP contribution in [0.2, 0.25) is 5.02 Å². The van der Waals surface area contributed by atoms with E-state index in [0.717, 1.165) is 15.4 Å². The highest BCUT2D eigenvalue weighted by Crippen LogP contribution is 2.28. The third-order valence-electron chi connectivity index (χ3n) is 7.55. The molecule has 0 aliphatic carbocycles. The predicted molar refractivity (Wildman–Crippen MR) is 184 cm³/mol. The van der Waals surface area contributed by atoms with Crippen LogP contribution in [-0.4, -0.2) is 43.8 Å². The van der Waals surface area contributed by atoms with Crippen LogP contribution in [0.4, 0.5) is 5.69 Å². The first-order valence-electron chi connectivity index (χ1n) is 14.7. The number of aryl methyl sites for hydroxylation is 1. The molecule has 4 rings (SSSR count). The highest BCUT2D eigenvalue weighted by atomic mass is 79.9. The van der Waals surface area contributed by atoms with Gasteiger partial charge in [-0.15, -0.1) is 0 Å². The van der Waals surface area contributed by atoms with Crippen LogP contribution >= 0.6 is 27.5 Å². The molecule has 4 aromatic rings. The molecule has 45 heavy (non-hydrogen) atoms. The number of carbonyl (C=O) groups excluding carboxylic acids is 2. The molecule has 0 saturated carbocycles. The van der Waals surface area contributed by atoms with Crippen molar-refractivity contribution in [2.75, 3.05) is 10.8 Å². The molecule has 0 aliphatic rings. The number of nitrogens with zero attached hydrogens (tertiary/aromatic N) is 2. The van der Waals surface area contributed by atoms with Crippen molar-refractivity contribution in [2.45, 2.75) is 57.1 Å². The SMILES string of the molecule is CC[C@H](C)NC(=O)[C@H](Cc1ccccc1)N(Cc1ccccc1Cl)C(=O)CN(c1cccc(Br)c1)S(=O)(=O)c1ccc(C)cc1. The van der Waals surface area contributed by atoms with E-state index in [2.05, 4.69) is 21.2 Å². The minimum Gasteiger partial charge on any atom is -0.352 e. The van der Waals surface area contributed by atoms with E-state index in [4.69, 9.17) is 11.6 Å². The summed E-state index contributed by atoms with van der Waals surface area (Å²) in [5.41, 5.74) is 2.70. The Morgan fingerprint density at radius 3 is 2.22 bits per heavy atom. The van der Waals surface area contributed by atoms with Crippen molar-refractivity contribution in [3.63, 3.8) is 0 Å². The monoisotopic (exact) mass is 709 g/mol. The van der Waals surface area contributed by atoms with Crippen molar-refractivity contribution in [2.24, 2.45) is 0 Å². The molecule has 0 radical (unpaired) electrons. The molecule has 2 amide bonds. The van der Waals surface area contributed by atoms with Crippen LogP contribution in [0.15, 0.2) is 112 Å². The molecule has 0 fully saturated rings. The molecule has 1 N–H and O–H groups in total. The maximum Gasteiger partial charge on any atom is 0.264 e. The summed E-state index contributed by atoms with van der Waals surface area (Å²) in [6.07, 6.45) is 0.925. The molecule has 0 spiro atoms. The third kappa shape index (κ3) is 8.96. The summed E-state index contributed by atoms with van der Waals surface area (Å²) in [5, 5.41) is 3.47. The number of rotatable bonds is 13. The van der Waals surface area contributed by atoms with E-state index in [0.29, 0.717) is 27.2 Å². The molecule has 4 aromatic carbocycles. The standard InChI is InChI=1S/C35H37BrClN3O4S/c1-4-26(3)38-35(42)33(21-27-11-6-5-7-12-27)39(23-28-13-8-9-16-32(28)37)34(41)24-40(30-15-10-14-29(36)22-30)45(43,44)31-19-17-25(2)18-20-31/h5-20,22,26,33H,4,21,23-24H2,1-3H3,(H,38,42)/t26-,33-/m0/s1. The van der Waals surface area contributed by atoms with Crippen molar-refractivity contribution in [1.29, 1.82) is 0 Å². The number of amides is 2. The second kappa shape index (κ2) is 15.6. The normalized spacial score (nSPS) is 12.6. The van der Waals surface area contributed by atoms with Gasteiger partial charge in [0.25, 0.3) is 10.0 Å². The summed E-state index contributed by atoms with van der Waals surface area (Å²) in [7, 11) is -4.19. The fourth-order valence-electron chi connectivity index (χ4n) is 4.80. The minimum absolute atomic E-state index is 0.000830. The van der Waals surface area contributed by atoms with Crippen LogP contribution in [0.3, 0.4) is 0 Å². The number of nitrogens with one attached hydrogen (secondary N) is 1. The van der Waals surface area contributed by atoms with Gasteiger partial charge in [0.05, 0.1) is 10.6 Å². The molecule has 2 atom stereocenters. The van der Waals surface area contributed by atoms with Crippen LogP contribution in [0.1, 0.15) is 37.0 Å². The highest BCUT2D eigenvalue weighted by Gasteiger charge is 2.35. The van der Waals surface area contributed by atoms with Crippen LogP contribution in [0, 0.1) is 6.92 Å². The second-order valence-electron chi connectivity index (χ2n) is 10.9. The summed E-state index contributed by atoms with van der Waals surface area (Å²) in [4.78, 5) is 29.9. The van der Waals surface area contributed by atoms with Gasteiger partial charge in [-0.1, -0.05) is 107 Å². The van der Waals surface area contributed by atoms with Crippen molar-refractivity contribution < 1.29 is 18.0 Å². The van der Waals surface area contributed by atoms with Crippen LogP contribution in [-0.2, 0) is 32.6 Å². The van der Waals surface area contributed by atoms with Crippen molar-refractivity contribution >= 4 is 55.1 Å². The van der Waals surface area contributed by atoms with Gasteiger partial charge in [-0.3, -0.25) is 13.9 Å². The Balaban J connectivity index is 1.82. The zero-order chi connectivity index (χ0) is 32.6. The average molecular weight is 711 g/mol. The Morgan fingerprint density at radius 2 is 1.58 bits per heavy atom. The third-order valence-corrected chi connectivity index (χ3v) is 10.2. The van der Waals surface area contributed by atoms with Gasteiger partial charge in [-0.2, -0.15) is 0 Å². The van der Waals surface area contributed by atoms with E-state index in [1.165, 1.54) is 17.0 Å². The summed E-state index contributed by atoms with van der Waals surface area (Å²) < 4.78 is 30.0. The van der Waals surface area contributed by atoms with Gasteiger partial charge in [-0.25, -0.2) is 8.42 Å². The number of carbonyl (C=O) groups is 2. The van der Waals surface area contributed by atoms with Crippen LogP contribution in [0.5, 0.6) is 0 Å². The van der Waals surface area contributed by atoms with Gasteiger partial charge >= 0.3 is 0 Å². The fraction of sp³-hybridized carbons (Fsp3) is 0.257. The summed E-state index contributed by atoms with van der Waals surface area (Å²) in [6.45, 7) is 5.20. The molecule has 236 valence electrons. The van der Waals surface area contributed by atoms with Crippen molar-refractivity contribution in [3.05, 3.63) is 129 Å². The summed E-state index contributed by atoms with van der Waals surface area (Å²) >= 11 is 9.99. The number of benzene rings is 4. The van der Waals surface area contributed by atoms with Gasteiger partial charge in [0.1, 0.15) is 12.6 Å². The fourth-order valence-corrected chi connectivity index (χ4v) is 6.79. The lowest BCUT2D eigenvalue weighted by molar-refractivity contribution is -0.140. The smallest absolute Gasteiger partial charge is 0.264 e. The Morgan fingerprint density at radius 1 is 0.911 bits per heavy atom. The van der Waals surface area contributed by atoms with Crippen LogP contribution in [0.25, 0.3) is 0 Å². The molecule has 7 nitrogen and oxygen atoms in total. The van der Waals surface area contributed by atoms with Gasteiger partial charge in [0, 0.05) is 28.5 Å². The molecule has 10 heteroatoms. The van der Waals surface area contributed by atoms with Gasteiger partial charge in [0.2, 0.25) is 11.8 Å². The number of sulfonamides is 1. The quantitative estimate of drug-likeness (QED) is 0.160. The maximum absolute atomic E-state index is 14.5. The zero-order valence-electron chi connectivity index (χ0n) is 25.5. The van der Waals surface area contributed by atoms with E-state index in [-0.39, 0.29) is 29.8 Å². The predicted octanol–water partition coefficient (Wildman–Crippen LogP) is 7.16. The zero-order valence-corrected chi connectivity index (χ0v) is 28.6. The lowest BCUT2D eigenvalue weighted by Crippen LogP contribution is -2.54. The molecule has 0 heterocycles. The number of anilines is 1. The van der Waals surface area contributed by atoms with Crippen molar-refractivity contribution in [3.8, 4) is 0 Å². The van der Waals surface area contributed by atoms with Gasteiger partial charge < -0.3 is 10.2 Å². The number of halogens is 2. The molecule has 0 unspecified atom stereocenters. The first kappa shape index (κ1) is 34.2. The van der Waals surface area contributed by atoms with Crippen LogP contribution < -0.4 is 9.62 Å². The maximum atomic E-state index is 14.5. The van der Waals surface area contributed by atoms with Crippen molar-refractivity contribution in [1.82, 2.24) is 10.2 Å². The number of hydrogen-bond acceptors (Lipinski definition) is 4. The lowest BCUT2D eigenvalue weighted by Gasteiger charge is -2.34. The van der Waals surface area contributed by atoms with E-state index < -0.39 is 28.5 Å². The molecule has 0 aromatic heterocycles. The van der Waals surface area contributed by atoms with Gasteiger partial charge in [0.15, 0.2) is 0 Å². The van der Waals surface area contributed by atoms with E-state index in [1.54, 1.807) is 54.6 Å². The Labute approximate surface area is 279 Å². The average Bonchev–Trinajstić information content (AvgIpc) is 3.02. The van der Waals surface area contributed by atoms with Gasteiger partial charge in [-0.05, 0) is 67.8 Å². The first-order chi connectivity index (χ1) is 21.5. The first-order valence-corrected chi connectivity index (χ1v) is 17.3. The van der Waals surface area contributed by atoms with E-state index >= 15 is 0 Å². The number of hydrogen-bond donors (Lipinski definition) is 1. The molecule has 0 aliphatic heterocycles. The van der Waals surface area contributed by atoms with E-state index in [1.807, 2.05) is 57.2 Å². The molecule has 0 bridgehead atoms. The Kier molecular flexibility index (Phi) is 11.8. The molecular weight excluding hydrogens is 674 g/mol. The summed E-state index contributed by atoms with van der Waals surface area (Å²) in [6, 6.07) is 28.7. The van der Waals surface area contributed by atoms with E-state index in [9.17, 15) is 18.0 Å². The Hall–Kier alpha value is -3.66. The molecular formula is C35H37BrClN3O4S. The highest BCUT2D eigenvalue weighted by molar-refractivity contribution is 9.10. The topological polar surface area (TPSA) is 86.8 Å². The lowest BCUT2D eigenvalue weighted by atomic mass is 10.0. The Bertz CT molecular complexity index is 1720. The molecule has 0 saturated heterocycles. The second-order valence-corrected chi connectivity index (χ2v) is 14.1. The summed E-state index contributed by atoms with van der Waals surface area (Å²) in [5.74, 6) is -0.880.